The summed E-state index contributed by atoms with van der Waals surface area (Å²) < 4.78 is 39.0. The normalized spacial score (nSPS) is 23.7. The van der Waals surface area contributed by atoms with Gasteiger partial charge >= 0.3 is 0 Å². The van der Waals surface area contributed by atoms with Gasteiger partial charge in [-0.3, -0.25) is 4.79 Å². The van der Waals surface area contributed by atoms with E-state index in [1.54, 1.807) is 23.1 Å². The fourth-order valence-electron chi connectivity index (χ4n) is 4.15. The van der Waals surface area contributed by atoms with Crippen LogP contribution >= 0.6 is 0 Å². The van der Waals surface area contributed by atoms with Crippen LogP contribution < -0.4 is 9.46 Å². The number of nitrogens with one attached hydrogen (secondary N) is 1. The predicted molar refractivity (Wildman–Crippen MR) is 100.0 cm³/mol. The Morgan fingerprint density at radius 3 is 2.78 bits per heavy atom. The fraction of sp³-hybridized carbons (Fsp3) is 0.632. The van der Waals surface area contributed by atoms with Gasteiger partial charge in [-0.15, -0.1) is 0 Å². The highest BCUT2D eigenvalue weighted by Gasteiger charge is 2.35. The Morgan fingerprint density at radius 2 is 1.96 bits per heavy atom. The Bertz CT molecular complexity index is 804. The number of fused-ring (bicyclic) bond motifs is 1. The highest BCUT2D eigenvalue weighted by molar-refractivity contribution is 7.90. The van der Waals surface area contributed by atoms with E-state index in [0.717, 1.165) is 37.0 Å². The molecule has 4 rings (SSSR count). The summed E-state index contributed by atoms with van der Waals surface area (Å²) in [6.45, 7) is 1.46. The standard InChI is InChI=1S/C19H26N2O5S/c22-19(14-7-8-18-15(10-14)12-25-13-26-18)21-9-3-6-17(11-21)27(23,24)20-16-4-1-2-5-16/h7-8,10,16-17,20H,1-6,9,11-13H2. The van der Waals surface area contributed by atoms with E-state index < -0.39 is 15.3 Å². The zero-order chi connectivity index (χ0) is 18.9. The van der Waals surface area contributed by atoms with E-state index in [1.165, 1.54) is 0 Å². The molecule has 0 aromatic heterocycles. The van der Waals surface area contributed by atoms with Crippen molar-refractivity contribution >= 4 is 15.9 Å². The number of hydrogen-bond acceptors (Lipinski definition) is 5. The summed E-state index contributed by atoms with van der Waals surface area (Å²) in [7, 11) is -3.41. The lowest BCUT2D eigenvalue weighted by atomic mass is 10.1. The Labute approximate surface area is 160 Å². The van der Waals surface area contributed by atoms with Crippen LogP contribution in [0.2, 0.25) is 0 Å². The second-order valence-electron chi connectivity index (χ2n) is 7.59. The van der Waals surface area contributed by atoms with Crippen LogP contribution in [0, 0.1) is 0 Å². The van der Waals surface area contributed by atoms with E-state index in [0.29, 0.717) is 31.6 Å². The minimum atomic E-state index is -3.41. The quantitative estimate of drug-likeness (QED) is 0.845. The molecule has 7 nitrogen and oxygen atoms in total. The Kier molecular flexibility index (Phi) is 5.39. The summed E-state index contributed by atoms with van der Waals surface area (Å²) in [4.78, 5) is 14.6. The van der Waals surface area contributed by atoms with Gasteiger partial charge in [-0.05, 0) is 43.9 Å². The molecular formula is C19H26N2O5S. The summed E-state index contributed by atoms with van der Waals surface area (Å²) in [5, 5.41) is -0.542. The Hall–Kier alpha value is -1.64. The maximum atomic E-state index is 12.9. The molecular weight excluding hydrogens is 368 g/mol. The molecule has 3 aliphatic rings. The van der Waals surface area contributed by atoms with Crippen molar-refractivity contribution in [2.24, 2.45) is 0 Å². The topological polar surface area (TPSA) is 84.9 Å². The molecule has 1 amide bonds. The first-order chi connectivity index (χ1) is 13.0. The molecule has 2 heterocycles. The second kappa shape index (κ2) is 7.77. The second-order valence-corrected chi connectivity index (χ2v) is 9.59. The van der Waals surface area contributed by atoms with E-state index in [9.17, 15) is 13.2 Å². The molecule has 1 aromatic rings. The molecule has 0 spiro atoms. The van der Waals surface area contributed by atoms with Crippen LogP contribution in [0.4, 0.5) is 0 Å². The van der Waals surface area contributed by atoms with Crippen molar-refractivity contribution in [3.8, 4) is 5.75 Å². The summed E-state index contributed by atoms with van der Waals surface area (Å²) in [6, 6.07) is 5.36. The van der Waals surface area contributed by atoms with Gasteiger partial charge < -0.3 is 14.4 Å². The number of ether oxygens (including phenoxy) is 2. The largest absolute Gasteiger partial charge is 0.467 e. The van der Waals surface area contributed by atoms with Gasteiger partial charge in [-0.25, -0.2) is 13.1 Å². The first kappa shape index (κ1) is 18.7. The fourth-order valence-corrected chi connectivity index (χ4v) is 5.90. The molecule has 1 saturated heterocycles. The number of carbonyl (C=O) groups is 1. The number of sulfonamides is 1. The highest BCUT2D eigenvalue weighted by Crippen LogP contribution is 2.27. The Balaban J connectivity index is 1.45. The number of rotatable bonds is 4. The molecule has 2 aliphatic heterocycles. The van der Waals surface area contributed by atoms with Gasteiger partial charge in [0.05, 0.1) is 11.9 Å². The van der Waals surface area contributed by atoms with Crippen molar-refractivity contribution in [1.82, 2.24) is 9.62 Å². The van der Waals surface area contributed by atoms with Gasteiger partial charge in [0.2, 0.25) is 10.0 Å². The third kappa shape index (κ3) is 4.12. The molecule has 27 heavy (non-hydrogen) atoms. The van der Waals surface area contributed by atoms with Crippen molar-refractivity contribution in [3.63, 3.8) is 0 Å². The summed E-state index contributed by atoms with van der Waals surface area (Å²) >= 11 is 0. The van der Waals surface area contributed by atoms with Crippen LogP contribution in [0.5, 0.6) is 5.75 Å². The molecule has 1 N–H and O–H groups in total. The number of nitrogens with zero attached hydrogens (tertiary/aromatic N) is 1. The average Bonchev–Trinajstić information content (AvgIpc) is 3.19. The van der Waals surface area contributed by atoms with Gasteiger partial charge in [0.1, 0.15) is 5.75 Å². The van der Waals surface area contributed by atoms with Crippen molar-refractivity contribution in [2.75, 3.05) is 19.9 Å². The number of amides is 1. The molecule has 0 radical (unpaired) electrons. The third-order valence-electron chi connectivity index (χ3n) is 5.65. The van der Waals surface area contributed by atoms with Crippen LogP contribution in [0.3, 0.4) is 0 Å². The minimum absolute atomic E-state index is 0.0572. The molecule has 148 valence electrons. The molecule has 1 saturated carbocycles. The first-order valence-corrected chi connectivity index (χ1v) is 11.2. The first-order valence-electron chi connectivity index (χ1n) is 9.67. The summed E-state index contributed by atoms with van der Waals surface area (Å²) in [6.07, 6.45) is 5.26. The van der Waals surface area contributed by atoms with Gasteiger partial charge in [0.15, 0.2) is 6.79 Å². The monoisotopic (exact) mass is 394 g/mol. The van der Waals surface area contributed by atoms with Crippen molar-refractivity contribution in [3.05, 3.63) is 29.3 Å². The van der Waals surface area contributed by atoms with E-state index in [1.807, 2.05) is 0 Å². The highest BCUT2D eigenvalue weighted by atomic mass is 32.2. The summed E-state index contributed by atoms with van der Waals surface area (Å²) in [5.74, 6) is 0.599. The van der Waals surface area contributed by atoms with Gasteiger partial charge in [0, 0.05) is 30.3 Å². The number of hydrogen-bond donors (Lipinski definition) is 1. The van der Waals surface area contributed by atoms with Crippen LogP contribution in [-0.4, -0.2) is 50.4 Å². The zero-order valence-corrected chi connectivity index (χ0v) is 16.2. The minimum Gasteiger partial charge on any atom is -0.467 e. The molecule has 2 fully saturated rings. The Morgan fingerprint density at radius 1 is 1.15 bits per heavy atom. The predicted octanol–water partition coefficient (Wildman–Crippen LogP) is 2.02. The van der Waals surface area contributed by atoms with Crippen LogP contribution in [0.1, 0.15) is 54.4 Å². The van der Waals surface area contributed by atoms with Crippen LogP contribution in [-0.2, 0) is 21.4 Å². The van der Waals surface area contributed by atoms with Crippen molar-refractivity contribution in [1.29, 1.82) is 0 Å². The third-order valence-corrected chi connectivity index (χ3v) is 7.58. The summed E-state index contributed by atoms with van der Waals surface area (Å²) in [5.41, 5.74) is 1.39. The lowest BCUT2D eigenvalue weighted by Crippen LogP contribution is -2.49. The molecule has 1 aliphatic carbocycles. The molecule has 1 atom stereocenters. The molecule has 8 heteroatoms. The molecule has 1 unspecified atom stereocenters. The van der Waals surface area contributed by atoms with Crippen LogP contribution in [0.15, 0.2) is 18.2 Å². The van der Waals surface area contributed by atoms with E-state index in [2.05, 4.69) is 4.72 Å². The molecule has 1 aromatic carbocycles. The van der Waals surface area contributed by atoms with Crippen molar-refractivity contribution in [2.45, 2.75) is 56.4 Å². The van der Waals surface area contributed by atoms with E-state index >= 15 is 0 Å². The van der Waals surface area contributed by atoms with Crippen molar-refractivity contribution < 1.29 is 22.7 Å². The van der Waals surface area contributed by atoms with Gasteiger partial charge in [-0.1, -0.05) is 12.8 Å². The SMILES string of the molecule is O=C(c1ccc2c(c1)COCO2)N1CCCC(S(=O)(=O)NC2CCCC2)C1. The number of likely N-dealkylation sites (tertiary alicyclic amines) is 1. The van der Waals surface area contributed by atoms with E-state index in [-0.39, 0.29) is 25.3 Å². The smallest absolute Gasteiger partial charge is 0.253 e. The lowest BCUT2D eigenvalue weighted by Gasteiger charge is -2.33. The lowest BCUT2D eigenvalue weighted by molar-refractivity contribution is -0.0164. The maximum absolute atomic E-state index is 12.9. The number of carbonyl (C=O) groups excluding carboxylic acids is 1. The van der Waals surface area contributed by atoms with E-state index in [4.69, 9.17) is 9.47 Å². The zero-order valence-electron chi connectivity index (χ0n) is 15.4. The number of piperidine rings is 1. The van der Waals surface area contributed by atoms with Crippen LogP contribution in [0.25, 0.3) is 0 Å². The number of benzene rings is 1. The van der Waals surface area contributed by atoms with Gasteiger partial charge in [-0.2, -0.15) is 0 Å². The molecule has 0 bridgehead atoms. The van der Waals surface area contributed by atoms with Gasteiger partial charge in [0.25, 0.3) is 5.91 Å². The average molecular weight is 394 g/mol. The maximum Gasteiger partial charge on any atom is 0.253 e.